The minimum atomic E-state index is -1.93. The van der Waals surface area contributed by atoms with Gasteiger partial charge in [0.25, 0.3) is 5.56 Å². The largest absolute Gasteiger partial charge is 0.394 e. The summed E-state index contributed by atoms with van der Waals surface area (Å²) >= 11 is 0. The standard InChI is InChI=1S/C12H14N2O6/c1-2-4-12(19)7(6-15)20-10(9(12)17)14-5-3-8(16)13-11(14)18/h3-5,7,9-10,15,17,19H,1,6H2,(H,13,16,18)/t7-,9+,10-,12-/m1/s1. The summed E-state index contributed by atoms with van der Waals surface area (Å²) in [5, 5.41) is 29.7. The molecule has 8 heteroatoms. The van der Waals surface area contributed by atoms with E-state index < -0.39 is 41.9 Å². The Bertz CT molecular complexity index is 658. The number of hydrogen-bond acceptors (Lipinski definition) is 6. The highest BCUT2D eigenvalue weighted by Gasteiger charge is 2.54. The summed E-state index contributed by atoms with van der Waals surface area (Å²) in [4.78, 5) is 24.7. The van der Waals surface area contributed by atoms with Gasteiger partial charge in [-0.3, -0.25) is 14.3 Å². The van der Waals surface area contributed by atoms with Gasteiger partial charge in [0, 0.05) is 12.3 Å². The number of hydrogen-bond donors (Lipinski definition) is 4. The van der Waals surface area contributed by atoms with E-state index in [1.54, 1.807) is 0 Å². The molecule has 0 aliphatic carbocycles. The van der Waals surface area contributed by atoms with Gasteiger partial charge in [-0.2, -0.15) is 0 Å². The maximum absolute atomic E-state index is 11.7. The number of ether oxygens (including phenoxy) is 1. The lowest BCUT2D eigenvalue weighted by atomic mass is 9.92. The molecule has 2 heterocycles. The van der Waals surface area contributed by atoms with Crippen LogP contribution in [0.3, 0.4) is 0 Å². The molecule has 0 spiro atoms. The molecule has 0 saturated carbocycles. The van der Waals surface area contributed by atoms with Gasteiger partial charge >= 0.3 is 5.69 Å². The van der Waals surface area contributed by atoms with Gasteiger partial charge in [0.1, 0.15) is 17.8 Å². The fourth-order valence-corrected chi connectivity index (χ4v) is 2.15. The van der Waals surface area contributed by atoms with Crippen molar-refractivity contribution < 1.29 is 20.1 Å². The predicted molar refractivity (Wildman–Crippen MR) is 67.0 cm³/mol. The molecule has 1 aliphatic heterocycles. The molecule has 1 saturated heterocycles. The maximum atomic E-state index is 11.7. The summed E-state index contributed by atoms with van der Waals surface area (Å²) in [6.45, 7) is 2.71. The van der Waals surface area contributed by atoms with Crippen molar-refractivity contribution in [2.45, 2.75) is 24.0 Å². The predicted octanol–water partition coefficient (Wildman–Crippen LogP) is -2.14. The average Bonchev–Trinajstić information content (AvgIpc) is 2.63. The van der Waals surface area contributed by atoms with Gasteiger partial charge in [-0.05, 0) is 6.08 Å². The third-order valence-corrected chi connectivity index (χ3v) is 3.19. The lowest BCUT2D eigenvalue weighted by Crippen LogP contribution is -2.47. The van der Waals surface area contributed by atoms with Crippen molar-refractivity contribution in [3.8, 4) is 0 Å². The highest BCUT2D eigenvalue weighted by atomic mass is 16.6. The van der Waals surface area contributed by atoms with Crippen molar-refractivity contribution in [2.75, 3.05) is 6.61 Å². The summed E-state index contributed by atoms with van der Waals surface area (Å²) in [7, 11) is 0. The fourth-order valence-electron chi connectivity index (χ4n) is 2.15. The van der Waals surface area contributed by atoms with Crippen LogP contribution in [0.25, 0.3) is 0 Å². The Morgan fingerprint density at radius 3 is 2.85 bits per heavy atom. The number of rotatable bonds is 3. The number of aromatic amines is 1. The third kappa shape index (κ3) is 2.15. The van der Waals surface area contributed by atoms with E-state index in [1.165, 1.54) is 0 Å². The molecule has 20 heavy (non-hydrogen) atoms. The van der Waals surface area contributed by atoms with E-state index in [-0.39, 0.29) is 0 Å². The average molecular weight is 282 g/mol. The highest BCUT2D eigenvalue weighted by molar-refractivity contribution is 5.13. The zero-order chi connectivity index (χ0) is 14.9. The minimum absolute atomic E-state index is 0.583. The van der Waals surface area contributed by atoms with Crippen LogP contribution in [0, 0.1) is 0 Å². The lowest BCUT2D eigenvalue weighted by molar-refractivity contribution is -0.0656. The Hall–Kier alpha value is -1.96. The molecule has 4 N–H and O–H groups in total. The van der Waals surface area contributed by atoms with Crippen LogP contribution in [0.15, 0.2) is 40.2 Å². The van der Waals surface area contributed by atoms with Crippen LogP contribution in [0.4, 0.5) is 0 Å². The Kier molecular flexibility index (Phi) is 3.76. The van der Waals surface area contributed by atoms with Gasteiger partial charge < -0.3 is 20.1 Å². The number of aromatic nitrogens is 2. The van der Waals surface area contributed by atoms with Gasteiger partial charge in [-0.1, -0.05) is 6.58 Å². The van der Waals surface area contributed by atoms with E-state index in [1.807, 2.05) is 4.98 Å². The van der Waals surface area contributed by atoms with E-state index >= 15 is 0 Å². The first kappa shape index (κ1) is 14.4. The van der Waals surface area contributed by atoms with Crippen LogP contribution in [-0.4, -0.2) is 49.3 Å². The van der Waals surface area contributed by atoms with Crippen molar-refractivity contribution in [3.63, 3.8) is 0 Å². The SMILES string of the molecule is C=C=C[C@@]1(O)[C@@H](CO)O[C@@H](n2ccc(=O)[nH]c2=O)[C@@H]1O. The van der Waals surface area contributed by atoms with Crippen LogP contribution in [0.2, 0.25) is 0 Å². The highest BCUT2D eigenvalue weighted by Crippen LogP contribution is 2.37. The molecule has 4 atom stereocenters. The van der Waals surface area contributed by atoms with Crippen LogP contribution < -0.4 is 11.2 Å². The van der Waals surface area contributed by atoms with Gasteiger partial charge in [0.15, 0.2) is 6.23 Å². The van der Waals surface area contributed by atoms with Gasteiger partial charge in [0.05, 0.1) is 6.61 Å². The van der Waals surface area contributed by atoms with Crippen molar-refractivity contribution in [1.29, 1.82) is 0 Å². The van der Waals surface area contributed by atoms with E-state index in [9.17, 15) is 24.9 Å². The number of nitrogens with zero attached hydrogens (tertiary/aromatic N) is 1. The first-order valence-corrected chi connectivity index (χ1v) is 5.79. The van der Waals surface area contributed by atoms with Crippen molar-refractivity contribution in [2.24, 2.45) is 0 Å². The summed E-state index contributed by atoms with van der Waals surface area (Å²) < 4.78 is 6.21. The number of H-pyrrole nitrogens is 1. The Balaban J connectivity index is 2.47. The third-order valence-electron chi connectivity index (χ3n) is 3.19. The topological polar surface area (TPSA) is 125 Å². The molecule has 1 fully saturated rings. The quantitative estimate of drug-likeness (QED) is 0.469. The van der Waals surface area contributed by atoms with E-state index in [4.69, 9.17) is 4.74 Å². The molecule has 0 bridgehead atoms. The summed E-state index contributed by atoms with van der Waals surface area (Å²) in [5.74, 6) is 0. The fraction of sp³-hybridized carbons (Fsp3) is 0.417. The maximum Gasteiger partial charge on any atom is 0.330 e. The van der Waals surface area contributed by atoms with Gasteiger partial charge in [-0.15, -0.1) is 5.73 Å². The first-order chi connectivity index (χ1) is 9.43. The molecule has 2 rings (SSSR count). The minimum Gasteiger partial charge on any atom is -0.394 e. The summed E-state index contributed by atoms with van der Waals surface area (Å²) in [6.07, 6.45) is -1.76. The zero-order valence-electron chi connectivity index (χ0n) is 10.4. The van der Waals surface area contributed by atoms with Crippen molar-refractivity contribution >= 4 is 0 Å². The van der Waals surface area contributed by atoms with Crippen molar-refractivity contribution in [3.05, 3.63) is 51.5 Å². The van der Waals surface area contributed by atoms with Crippen LogP contribution in [-0.2, 0) is 4.74 Å². The van der Waals surface area contributed by atoms with Gasteiger partial charge in [-0.25, -0.2) is 4.79 Å². The molecule has 1 aromatic rings. The molecular weight excluding hydrogens is 268 g/mol. The molecule has 0 unspecified atom stereocenters. The van der Waals surface area contributed by atoms with Crippen LogP contribution in [0.1, 0.15) is 6.23 Å². The Labute approximate surface area is 112 Å². The van der Waals surface area contributed by atoms with Crippen molar-refractivity contribution in [1.82, 2.24) is 9.55 Å². The molecule has 0 amide bonds. The first-order valence-electron chi connectivity index (χ1n) is 5.79. The number of aliphatic hydroxyl groups is 3. The Morgan fingerprint density at radius 2 is 2.30 bits per heavy atom. The zero-order valence-corrected chi connectivity index (χ0v) is 10.4. The second-order valence-corrected chi connectivity index (χ2v) is 4.40. The second-order valence-electron chi connectivity index (χ2n) is 4.40. The number of aliphatic hydroxyl groups excluding tert-OH is 2. The number of nitrogens with one attached hydrogen (secondary N) is 1. The summed E-state index contributed by atoms with van der Waals surface area (Å²) in [5.41, 5.74) is -1.01. The Morgan fingerprint density at radius 1 is 1.60 bits per heavy atom. The normalized spacial score (nSPS) is 32.9. The smallest absolute Gasteiger partial charge is 0.330 e. The van der Waals surface area contributed by atoms with Gasteiger partial charge in [0.2, 0.25) is 0 Å². The molecule has 1 aromatic heterocycles. The second kappa shape index (κ2) is 5.20. The monoisotopic (exact) mass is 282 g/mol. The molecular formula is C12H14N2O6. The molecule has 0 aromatic carbocycles. The van der Waals surface area contributed by atoms with E-state index in [0.29, 0.717) is 0 Å². The van der Waals surface area contributed by atoms with Crippen LogP contribution in [0.5, 0.6) is 0 Å². The van der Waals surface area contributed by atoms with E-state index in [2.05, 4.69) is 12.3 Å². The summed E-state index contributed by atoms with van der Waals surface area (Å²) in [6, 6.07) is 1.08. The van der Waals surface area contributed by atoms with Crippen LogP contribution >= 0.6 is 0 Å². The lowest BCUT2D eigenvalue weighted by Gasteiger charge is -2.25. The molecule has 0 radical (unpaired) electrons. The van der Waals surface area contributed by atoms with E-state index in [0.717, 1.165) is 22.9 Å². The molecule has 8 nitrogen and oxygen atoms in total. The molecule has 108 valence electrons. The molecule has 1 aliphatic rings.